The zero-order chi connectivity index (χ0) is 17.2. The van der Waals surface area contributed by atoms with Crippen LogP contribution in [0.15, 0.2) is 24.5 Å². The standard InChI is InChI=1S/C19H23N5O/c1-13-7-8-17(14(2)11-13)25-10-9-20-18-15-5-3-4-6-16(15)23-19-21-12-22-24(18)19/h7-8,11-12,20H,3-6,9-10H2,1-2H3. The van der Waals surface area contributed by atoms with Gasteiger partial charge in [0, 0.05) is 5.56 Å². The third-order valence-corrected chi connectivity index (χ3v) is 4.68. The van der Waals surface area contributed by atoms with Gasteiger partial charge < -0.3 is 10.1 Å². The number of ether oxygens (including phenoxy) is 1. The second-order valence-corrected chi connectivity index (χ2v) is 6.61. The van der Waals surface area contributed by atoms with Crippen LogP contribution in [0.3, 0.4) is 0 Å². The predicted molar refractivity (Wildman–Crippen MR) is 97.3 cm³/mol. The van der Waals surface area contributed by atoms with Crippen molar-refractivity contribution in [1.82, 2.24) is 19.6 Å². The highest BCUT2D eigenvalue weighted by Crippen LogP contribution is 2.27. The summed E-state index contributed by atoms with van der Waals surface area (Å²) in [5, 5.41) is 7.83. The number of hydrogen-bond donors (Lipinski definition) is 1. The lowest BCUT2D eigenvalue weighted by Crippen LogP contribution is -2.19. The van der Waals surface area contributed by atoms with Crippen LogP contribution in [-0.4, -0.2) is 32.7 Å². The van der Waals surface area contributed by atoms with E-state index < -0.39 is 0 Å². The summed E-state index contributed by atoms with van der Waals surface area (Å²) in [5.74, 6) is 2.62. The third-order valence-electron chi connectivity index (χ3n) is 4.68. The molecule has 0 radical (unpaired) electrons. The minimum atomic E-state index is 0.594. The number of aromatic nitrogens is 4. The van der Waals surface area contributed by atoms with Gasteiger partial charge in [0.2, 0.25) is 0 Å². The molecular weight excluding hydrogens is 314 g/mol. The third kappa shape index (κ3) is 3.16. The highest BCUT2D eigenvalue weighted by atomic mass is 16.5. The zero-order valence-corrected chi connectivity index (χ0v) is 14.7. The van der Waals surface area contributed by atoms with Crippen LogP contribution in [-0.2, 0) is 12.8 Å². The lowest BCUT2D eigenvalue weighted by atomic mass is 9.96. The molecule has 1 aliphatic rings. The molecule has 2 heterocycles. The Labute approximate surface area is 147 Å². The number of rotatable bonds is 5. The number of anilines is 1. The van der Waals surface area contributed by atoms with Crippen LogP contribution in [0.25, 0.3) is 5.78 Å². The average molecular weight is 337 g/mol. The number of benzene rings is 1. The van der Waals surface area contributed by atoms with Gasteiger partial charge >= 0.3 is 0 Å². The molecule has 0 saturated heterocycles. The van der Waals surface area contributed by atoms with E-state index in [0.29, 0.717) is 18.9 Å². The van der Waals surface area contributed by atoms with Crippen molar-refractivity contribution < 1.29 is 4.74 Å². The van der Waals surface area contributed by atoms with E-state index in [4.69, 9.17) is 4.74 Å². The van der Waals surface area contributed by atoms with Crippen molar-refractivity contribution in [2.75, 3.05) is 18.5 Å². The van der Waals surface area contributed by atoms with Crippen molar-refractivity contribution in [3.8, 4) is 5.75 Å². The van der Waals surface area contributed by atoms with Crippen LogP contribution >= 0.6 is 0 Å². The fourth-order valence-electron chi connectivity index (χ4n) is 3.46. The predicted octanol–water partition coefficient (Wildman–Crippen LogP) is 3.11. The Hall–Kier alpha value is -2.63. The van der Waals surface area contributed by atoms with Crippen molar-refractivity contribution in [3.05, 3.63) is 46.9 Å². The molecule has 1 N–H and O–H groups in total. The van der Waals surface area contributed by atoms with Crippen molar-refractivity contribution in [3.63, 3.8) is 0 Å². The Bertz CT molecular complexity index is 902. The Kier molecular flexibility index (Phi) is 4.26. The highest BCUT2D eigenvalue weighted by molar-refractivity contribution is 5.53. The smallest absolute Gasteiger partial charge is 0.254 e. The lowest BCUT2D eigenvalue weighted by molar-refractivity contribution is 0.330. The summed E-state index contributed by atoms with van der Waals surface area (Å²) in [7, 11) is 0. The quantitative estimate of drug-likeness (QED) is 0.725. The van der Waals surface area contributed by atoms with E-state index in [9.17, 15) is 0 Å². The van der Waals surface area contributed by atoms with Gasteiger partial charge in [0.05, 0.1) is 12.2 Å². The first kappa shape index (κ1) is 15.9. The monoisotopic (exact) mass is 337 g/mol. The first-order valence-corrected chi connectivity index (χ1v) is 8.88. The largest absolute Gasteiger partial charge is 0.491 e. The van der Waals surface area contributed by atoms with E-state index in [0.717, 1.165) is 30.1 Å². The van der Waals surface area contributed by atoms with E-state index >= 15 is 0 Å². The van der Waals surface area contributed by atoms with E-state index in [1.807, 2.05) is 6.07 Å². The lowest BCUT2D eigenvalue weighted by Gasteiger charge is -2.20. The minimum Gasteiger partial charge on any atom is -0.491 e. The maximum Gasteiger partial charge on any atom is 0.254 e. The number of fused-ring (bicyclic) bond motifs is 2. The van der Waals surface area contributed by atoms with Crippen molar-refractivity contribution in [2.24, 2.45) is 0 Å². The SMILES string of the molecule is Cc1ccc(OCCNc2c3c(nc4ncnn24)CCCC3)c(C)c1. The van der Waals surface area contributed by atoms with Crippen LogP contribution in [0.5, 0.6) is 5.75 Å². The molecule has 0 saturated carbocycles. The molecule has 0 aliphatic heterocycles. The molecule has 1 aromatic carbocycles. The molecule has 0 amide bonds. The van der Waals surface area contributed by atoms with Crippen LogP contribution in [0.4, 0.5) is 5.82 Å². The topological polar surface area (TPSA) is 64.3 Å². The molecule has 6 heteroatoms. The fraction of sp³-hybridized carbons (Fsp3) is 0.421. The summed E-state index contributed by atoms with van der Waals surface area (Å²) < 4.78 is 7.73. The average Bonchev–Trinajstić information content (AvgIpc) is 3.07. The molecule has 3 aromatic rings. The molecule has 6 nitrogen and oxygen atoms in total. The number of aryl methyl sites for hydroxylation is 3. The number of nitrogens with zero attached hydrogens (tertiary/aromatic N) is 4. The maximum absolute atomic E-state index is 5.93. The zero-order valence-electron chi connectivity index (χ0n) is 14.7. The van der Waals surface area contributed by atoms with Gasteiger partial charge in [0.1, 0.15) is 24.5 Å². The van der Waals surface area contributed by atoms with Gasteiger partial charge in [0.15, 0.2) is 0 Å². The second kappa shape index (κ2) is 6.70. The fourth-order valence-corrected chi connectivity index (χ4v) is 3.46. The summed E-state index contributed by atoms with van der Waals surface area (Å²) in [6, 6.07) is 6.25. The van der Waals surface area contributed by atoms with Crippen LogP contribution < -0.4 is 10.1 Å². The van der Waals surface area contributed by atoms with E-state index in [-0.39, 0.29) is 0 Å². The van der Waals surface area contributed by atoms with Gasteiger partial charge in [-0.25, -0.2) is 4.98 Å². The molecule has 0 bridgehead atoms. The van der Waals surface area contributed by atoms with Crippen LogP contribution in [0.2, 0.25) is 0 Å². The summed E-state index contributed by atoms with van der Waals surface area (Å²) >= 11 is 0. The Morgan fingerprint density at radius 2 is 2.08 bits per heavy atom. The normalized spacial score (nSPS) is 13.7. The van der Waals surface area contributed by atoms with E-state index in [1.165, 1.54) is 29.5 Å². The first-order chi connectivity index (χ1) is 12.2. The van der Waals surface area contributed by atoms with Crippen molar-refractivity contribution >= 4 is 11.6 Å². The molecule has 0 spiro atoms. The van der Waals surface area contributed by atoms with Crippen LogP contribution in [0.1, 0.15) is 35.2 Å². The molecule has 0 unspecified atom stereocenters. The summed E-state index contributed by atoms with van der Waals surface area (Å²) in [6.45, 7) is 5.47. The van der Waals surface area contributed by atoms with E-state index in [2.05, 4.69) is 46.4 Å². The molecule has 130 valence electrons. The van der Waals surface area contributed by atoms with Gasteiger partial charge in [-0.2, -0.15) is 14.6 Å². The van der Waals surface area contributed by atoms with Gasteiger partial charge in [0.25, 0.3) is 5.78 Å². The minimum absolute atomic E-state index is 0.594. The van der Waals surface area contributed by atoms with Crippen LogP contribution in [0, 0.1) is 13.8 Å². The molecule has 2 aromatic heterocycles. The molecular formula is C19H23N5O. The van der Waals surface area contributed by atoms with Gasteiger partial charge in [-0.3, -0.25) is 0 Å². The molecule has 1 aliphatic carbocycles. The molecule has 0 fully saturated rings. The van der Waals surface area contributed by atoms with Gasteiger partial charge in [-0.15, -0.1) is 0 Å². The van der Waals surface area contributed by atoms with Gasteiger partial charge in [-0.1, -0.05) is 17.7 Å². The van der Waals surface area contributed by atoms with Crippen molar-refractivity contribution in [2.45, 2.75) is 39.5 Å². The Balaban J connectivity index is 1.48. The maximum atomic E-state index is 5.93. The summed E-state index contributed by atoms with van der Waals surface area (Å²) in [6.07, 6.45) is 6.01. The van der Waals surface area contributed by atoms with Crippen molar-refractivity contribution in [1.29, 1.82) is 0 Å². The molecule has 0 atom stereocenters. The number of nitrogens with one attached hydrogen (secondary N) is 1. The number of hydrogen-bond acceptors (Lipinski definition) is 5. The summed E-state index contributed by atoms with van der Waals surface area (Å²) in [4.78, 5) is 8.90. The molecule has 25 heavy (non-hydrogen) atoms. The molecule has 4 rings (SSSR count). The Morgan fingerprint density at radius 3 is 2.96 bits per heavy atom. The first-order valence-electron chi connectivity index (χ1n) is 8.88. The van der Waals surface area contributed by atoms with Gasteiger partial charge in [-0.05, 0) is 51.2 Å². The van der Waals surface area contributed by atoms with E-state index in [1.54, 1.807) is 10.8 Å². The second-order valence-electron chi connectivity index (χ2n) is 6.61. The Morgan fingerprint density at radius 1 is 1.20 bits per heavy atom. The highest BCUT2D eigenvalue weighted by Gasteiger charge is 2.19. The summed E-state index contributed by atoms with van der Waals surface area (Å²) in [5.41, 5.74) is 4.85.